The number of aromatic nitrogens is 2. The van der Waals surface area contributed by atoms with Crippen molar-refractivity contribution in [3.63, 3.8) is 0 Å². The number of nitrogens with one attached hydrogen (secondary N) is 2. The molecule has 4 nitrogen and oxygen atoms in total. The summed E-state index contributed by atoms with van der Waals surface area (Å²) >= 11 is 3.62. The highest BCUT2D eigenvalue weighted by Crippen LogP contribution is 1.97. The summed E-state index contributed by atoms with van der Waals surface area (Å²) in [6.07, 6.45) is 2.28. The van der Waals surface area contributed by atoms with Crippen molar-refractivity contribution in [3.8, 4) is 0 Å². The van der Waals surface area contributed by atoms with Gasteiger partial charge in [0.25, 0.3) is 5.91 Å². The van der Waals surface area contributed by atoms with Crippen molar-refractivity contribution in [2.24, 2.45) is 0 Å². The van der Waals surface area contributed by atoms with Gasteiger partial charge in [0.05, 0.1) is 6.20 Å². The summed E-state index contributed by atoms with van der Waals surface area (Å²) in [7, 11) is 0. The van der Waals surface area contributed by atoms with E-state index in [4.69, 9.17) is 0 Å². The molecule has 1 aromatic heterocycles. The number of carbonyl (C=O) groups is 1. The molecule has 0 saturated carbocycles. The first kappa shape index (κ1) is 8.13. The summed E-state index contributed by atoms with van der Waals surface area (Å²) < 4.78 is 2.20. The Kier molecular flexibility index (Phi) is 2.53. The zero-order valence-electron chi connectivity index (χ0n) is 6.09. The van der Waals surface area contributed by atoms with Gasteiger partial charge in [0, 0.05) is 6.42 Å². The average Bonchev–Trinajstić information content (AvgIpc) is 2.50. The fourth-order valence-electron chi connectivity index (χ4n) is 0.718. The first-order chi connectivity index (χ1) is 5.27. The highest BCUT2D eigenvalue weighted by atomic mass is 32.1. The minimum atomic E-state index is -0.263. The molecule has 0 bridgehead atoms. The van der Waals surface area contributed by atoms with Gasteiger partial charge in [0.2, 0.25) is 0 Å². The van der Waals surface area contributed by atoms with E-state index in [1.165, 1.54) is 6.20 Å². The number of hydrogen-bond donors (Lipinski definition) is 3. The van der Waals surface area contributed by atoms with Gasteiger partial charge in [-0.3, -0.25) is 9.52 Å². The largest absolute Gasteiger partial charge is 0.338 e. The van der Waals surface area contributed by atoms with Crippen molar-refractivity contribution in [1.82, 2.24) is 14.7 Å². The normalized spacial score (nSPS) is 9.64. The van der Waals surface area contributed by atoms with Crippen LogP contribution in [0.5, 0.6) is 0 Å². The Morgan fingerprint density at radius 2 is 2.64 bits per heavy atom. The molecule has 0 unspecified atom stereocenters. The van der Waals surface area contributed by atoms with Crippen LogP contribution in [0.3, 0.4) is 0 Å². The molecule has 60 valence electrons. The highest BCUT2D eigenvalue weighted by molar-refractivity contribution is 7.78. The van der Waals surface area contributed by atoms with Gasteiger partial charge in [-0.05, 0) is 0 Å². The van der Waals surface area contributed by atoms with Gasteiger partial charge in [0.15, 0.2) is 0 Å². The zero-order valence-corrected chi connectivity index (χ0v) is 6.98. The quantitative estimate of drug-likeness (QED) is 0.569. The first-order valence-electron chi connectivity index (χ1n) is 3.26. The second-order valence-electron chi connectivity index (χ2n) is 2.04. The third kappa shape index (κ3) is 1.74. The molecule has 1 heterocycles. The van der Waals surface area contributed by atoms with Crippen LogP contribution in [-0.4, -0.2) is 15.9 Å². The van der Waals surface area contributed by atoms with Gasteiger partial charge < -0.3 is 4.98 Å². The van der Waals surface area contributed by atoms with E-state index in [2.05, 4.69) is 27.5 Å². The molecule has 0 atom stereocenters. The van der Waals surface area contributed by atoms with E-state index in [1.54, 1.807) is 0 Å². The molecule has 0 aliphatic rings. The molecule has 0 saturated heterocycles. The van der Waals surface area contributed by atoms with Gasteiger partial charge in [-0.15, -0.1) is 0 Å². The first-order valence-corrected chi connectivity index (χ1v) is 3.71. The molecule has 11 heavy (non-hydrogen) atoms. The van der Waals surface area contributed by atoms with E-state index in [-0.39, 0.29) is 5.91 Å². The predicted molar refractivity (Wildman–Crippen MR) is 44.4 cm³/mol. The molecule has 0 aromatic carbocycles. The Labute approximate surface area is 70.0 Å². The van der Waals surface area contributed by atoms with Gasteiger partial charge >= 0.3 is 0 Å². The molecule has 0 radical (unpaired) electrons. The number of imidazole rings is 1. The van der Waals surface area contributed by atoms with E-state index in [9.17, 15) is 4.79 Å². The van der Waals surface area contributed by atoms with Crippen molar-refractivity contribution in [2.75, 3.05) is 0 Å². The number of rotatable bonds is 2. The van der Waals surface area contributed by atoms with Crippen LogP contribution in [0.4, 0.5) is 0 Å². The number of nitrogens with zero attached hydrogens (tertiary/aromatic N) is 1. The zero-order chi connectivity index (χ0) is 8.27. The lowest BCUT2D eigenvalue weighted by molar-refractivity contribution is 0.0980. The lowest BCUT2D eigenvalue weighted by Crippen LogP contribution is -2.12. The average molecular weight is 171 g/mol. The molecule has 0 spiro atoms. The molecule has 0 fully saturated rings. The molecular weight excluding hydrogens is 162 g/mol. The fraction of sp³-hybridized carbons (Fsp3) is 0.333. The van der Waals surface area contributed by atoms with Crippen molar-refractivity contribution >= 4 is 18.7 Å². The minimum Gasteiger partial charge on any atom is -0.338 e. The number of aromatic amines is 1. The Bertz CT molecular complexity index is 258. The van der Waals surface area contributed by atoms with Gasteiger partial charge in [-0.25, -0.2) is 4.98 Å². The maximum absolute atomic E-state index is 10.9. The van der Waals surface area contributed by atoms with Crippen LogP contribution in [0, 0.1) is 0 Å². The summed E-state index contributed by atoms with van der Waals surface area (Å²) in [5, 5.41) is 0. The molecule has 5 heteroatoms. The Hall–Kier alpha value is -0.970. The second kappa shape index (κ2) is 3.43. The Balaban J connectivity index is 2.80. The van der Waals surface area contributed by atoms with Gasteiger partial charge in [-0.1, -0.05) is 19.7 Å². The lowest BCUT2D eigenvalue weighted by Gasteiger charge is -1.91. The highest BCUT2D eigenvalue weighted by Gasteiger charge is 2.05. The summed E-state index contributed by atoms with van der Waals surface area (Å²) in [6.45, 7) is 1.96. The topological polar surface area (TPSA) is 57.8 Å². The van der Waals surface area contributed by atoms with Gasteiger partial charge in [0.1, 0.15) is 11.5 Å². The molecule has 2 N–H and O–H groups in total. The van der Waals surface area contributed by atoms with E-state index < -0.39 is 0 Å². The predicted octanol–water partition coefficient (Wildman–Crippen LogP) is 0.547. The van der Waals surface area contributed by atoms with Crippen molar-refractivity contribution in [3.05, 3.63) is 17.7 Å². The van der Waals surface area contributed by atoms with Crippen molar-refractivity contribution < 1.29 is 4.79 Å². The van der Waals surface area contributed by atoms with E-state index >= 15 is 0 Å². The van der Waals surface area contributed by atoms with Gasteiger partial charge in [-0.2, -0.15) is 0 Å². The maximum atomic E-state index is 10.9. The number of H-pyrrole nitrogens is 1. The van der Waals surface area contributed by atoms with Crippen LogP contribution in [0.25, 0.3) is 0 Å². The summed E-state index contributed by atoms with van der Waals surface area (Å²) in [6, 6.07) is 0. The summed E-state index contributed by atoms with van der Waals surface area (Å²) in [4.78, 5) is 17.7. The monoisotopic (exact) mass is 171 g/mol. The van der Waals surface area contributed by atoms with E-state index in [1.807, 2.05) is 6.92 Å². The van der Waals surface area contributed by atoms with Crippen LogP contribution >= 0.6 is 12.8 Å². The van der Waals surface area contributed by atoms with Crippen LogP contribution in [0.1, 0.15) is 23.2 Å². The molecular formula is C6H9N3OS. The Morgan fingerprint density at radius 3 is 3.09 bits per heavy atom. The lowest BCUT2D eigenvalue weighted by atomic mass is 10.4. The third-order valence-electron chi connectivity index (χ3n) is 1.31. The smallest absolute Gasteiger partial charge is 0.278 e. The molecule has 1 amide bonds. The Morgan fingerprint density at radius 1 is 1.91 bits per heavy atom. The number of hydrogen-bond acceptors (Lipinski definition) is 3. The van der Waals surface area contributed by atoms with Crippen LogP contribution in [0.2, 0.25) is 0 Å². The van der Waals surface area contributed by atoms with Crippen LogP contribution in [-0.2, 0) is 6.42 Å². The summed E-state index contributed by atoms with van der Waals surface area (Å²) in [5.41, 5.74) is 0.442. The number of carbonyl (C=O) groups excluding carboxylic acids is 1. The van der Waals surface area contributed by atoms with Crippen molar-refractivity contribution in [1.29, 1.82) is 0 Å². The molecule has 0 aliphatic carbocycles. The maximum Gasteiger partial charge on any atom is 0.278 e. The molecule has 0 aliphatic heterocycles. The fourth-order valence-corrected chi connectivity index (χ4v) is 0.838. The number of amides is 1. The third-order valence-corrected chi connectivity index (χ3v) is 1.51. The standard InChI is InChI=1S/C6H9N3OS/c1-2-5-7-3-4(8-5)6(10)9-11/h3,11H,2H2,1H3,(H,7,8)(H,9,10). The summed E-state index contributed by atoms with van der Waals surface area (Å²) in [5.74, 6) is 0.539. The van der Waals surface area contributed by atoms with E-state index in [0.717, 1.165) is 12.2 Å². The molecule has 1 rings (SSSR count). The van der Waals surface area contributed by atoms with E-state index in [0.29, 0.717) is 5.69 Å². The minimum absolute atomic E-state index is 0.263. The number of thiol groups is 1. The van der Waals surface area contributed by atoms with Crippen molar-refractivity contribution in [2.45, 2.75) is 13.3 Å². The second-order valence-corrected chi connectivity index (χ2v) is 2.26. The number of aryl methyl sites for hydroxylation is 1. The van der Waals surface area contributed by atoms with Crippen LogP contribution < -0.4 is 4.72 Å². The molecule has 1 aromatic rings. The SMILES string of the molecule is CCc1ncc(C(=O)NS)[nH]1. The van der Waals surface area contributed by atoms with Crippen LogP contribution in [0.15, 0.2) is 6.20 Å².